The number of hydrogen-bond acceptors (Lipinski definition) is 4. The first-order chi connectivity index (χ1) is 14.6. The third-order valence-corrected chi connectivity index (χ3v) is 5.74. The highest BCUT2D eigenvalue weighted by Gasteiger charge is 2.26. The van der Waals surface area contributed by atoms with Crippen molar-refractivity contribution in [3.05, 3.63) is 77.9 Å². The molecule has 0 saturated heterocycles. The molecule has 1 aliphatic heterocycles. The third kappa shape index (κ3) is 2.76. The van der Waals surface area contributed by atoms with E-state index < -0.39 is 0 Å². The summed E-state index contributed by atoms with van der Waals surface area (Å²) in [7, 11) is 0. The van der Waals surface area contributed by atoms with Crippen LogP contribution in [0.15, 0.2) is 61.2 Å². The molecule has 148 valence electrons. The molecular formula is C24H20N4O2. The Morgan fingerprint density at radius 3 is 2.73 bits per heavy atom. The summed E-state index contributed by atoms with van der Waals surface area (Å²) < 4.78 is 0. The van der Waals surface area contributed by atoms with Gasteiger partial charge < -0.3 is 15.0 Å². The number of nitrogens with zero attached hydrogens (tertiary/aromatic N) is 3. The zero-order chi connectivity index (χ0) is 20.8. The first-order valence-corrected chi connectivity index (χ1v) is 9.73. The van der Waals surface area contributed by atoms with E-state index in [4.69, 9.17) is 0 Å². The molecule has 0 radical (unpaired) electrons. The maximum atomic E-state index is 12.1. The Kier molecular flexibility index (Phi) is 4.13. The lowest BCUT2D eigenvalue weighted by Crippen LogP contribution is -2.22. The van der Waals surface area contributed by atoms with Crippen LogP contribution in [0.25, 0.3) is 33.5 Å². The summed E-state index contributed by atoms with van der Waals surface area (Å²) in [6.07, 6.45) is 1.36. The zero-order valence-electron chi connectivity index (χ0n) is 16.5. The molecule has 2 N–H and O–H groups in total. The Morgan fingerprint density at radius 1 is 1.13 bits per heavy atom. The molecule has 30 heavy (non-hydrogen) atoms. The van der Waals surface area contributed by atoms with Gasteiger partial charge in [0.1, 0.15) is 5.75 Å². The second-order valence-corrected chi connectivity index (χ2v) is 7.48. The van der Waals surface area contributed by atoms with E-state index >= 15 is 0 Å². The highest BCUT2D eigenvalue weighted by molar-refractivity contribution is 5.92. The van der Waals surface area contributed by atoms with E-state index in [0.717, 1.165) is 33.3 Å². The van der Waals surface area contributed by atoms with Crippen molar-refractivity contribution < 1.29 is 9.90 Å². The quantitative estimate of drug-likeness (QED) is 0.505. The predicted octanol–water partition coefficient (Wildman–Crippen LogP) is 4.33. The Bertz CT molecular complexity index is 1320. The number of aromatic hydroxyl groups is 1. The lowest BCUT2D eigenvalue weighted by atomic mass is 9.98. The second kappa shape index (κ2) is 6.84. The van der Waals surface area contributed by atoms with Crippen LogP contribution in [-0.2, 0) is 17.9 Å². The Hall–Kier alpha value is -3.93. The normalized spacial score (nSPS) is 12.9. The average Bonchev–Trinajstić information content (AvgIpc) is 3.35. The molecule has 3 heterocycles. The average molecular weight is 396 g/mol. The lowest BCUT2D eigenvalue weighted by molar-refractivity contribution is -0.126. The van der Waals surface area contributed by atoms with Crippen molar-refractivity contribution in [3.63, 3.8) is 0 Å². The number of carbonyl (C=O) groups is 1. The van der Waals surface area contributed by atoms with Crippen LogP contribution in [0.2, 0.25) is 0 Å². The van der Waals surface area contributed by atoms with Gasteiger partial charge in [0.2, 0.25) is 5.91 Å². The smallest absolute Gasteiger partial charge is 0.246 e. The van der Waals surface area contributed by atoms with Gasteiger partial charge in [0.15, 0.2) is 5.65 Å². The van der Waals surface area contributed by atoms with Crippen LogP contribution in [-0.4, -0.2) is 31.1 Å². The minimum absolute atomic E-state index is 0.0660. The van der Waals surface area contributed by atoms with E-state index in [2.05, 4.69) is 33.9 Å². The van der Waals surface area contributed by atoms with Crippen molar-refractivity contribution in [2.75, 3.05) is 0 Å². The molecule has 0 bridgehead atoms. The van der Waals surface area contributed by atoms with Crippen molar-refractivity contribution in [1.29, 1.82) is 0 Å². The van der Waals surface area contributed by atoms with Crippen LogP contribution in [0.4, 0.5) is 0 Å². The van der Waals surface area contributed by atoms with Crippen molar-refractivity contribution in [1.82, 2.24) is 20.1 Å². The van der Waals surface area contributed by atoms with Crippen LogP contribution < -0.4 is 0 Å². The monoisotopic (exact) mass is 396 g/mol. The largest absolute Gasteiger partial charge is 0.507 e. The maximum Gasteiger partial charge on any atom is 0.246 e. The summed E-state index contributed by atoms with van der Waals surface area (Å²) >= 11 is 0. The van der Waals surface area contributed by atoms with E-state index in [0.29, 0.717) is 30.0 Å². The highest BCUT2D eigenvalue weighted by atomic mass is 16.3. The van der Waals surface area contributed by atoms with Gasteiger partial charge in [-0.25, -0.2) is 0 Å². The molecule has 0 atom stereocenters. The number of phenols is 1. The standard InChI is InChI=1S/C24H20N4O2/c1-3-22(30)28-12-15-7-6-9-16(19(15)13-28)23-14(2)18-11-20(26-27-24(18)25-23)17-8-4-5-10-21(17)29/h3-11,29H,1,12-13H2,2H3,(H,25,27). The first kappa shape index (κ1) is 18.1. The van der Waals surface area contributed by atoms with Gasteiger partial charge in [-0.15, -0.1) is 10.2 Å². The minimum Gasteiger partial charge on any atom is -0.507 e. The van der Waals surface area contributed by atoms with Gasteiger partial charge in [0.05, 0.1) is 11.4 Å². The summed E-state index contributed by atoms with van der Waals surface area (Å²) in [4.78, 5) is 17.3. The molecule has 0 unspecified atom stereocenters. The number of benzene rings is 2. The molecular weight excluding hydrogens is 376 g/mol. The van der Waals surface area contributed by atoms with E-state index in [1.807, 2.05) is 31.2 Å². The highest BCUT2D eigenvalue weighted by Crippen LogP contribution is 2.37. The van der Waals surface area contributed by atoms with Gasteiger partial charge in [0.25, 0.3) is 0 Å². The molecule has 0 fully saturated rings. The summed E-state index contributed by atoms with van der Waals surface area (Å²) in [5.41, 5.74) is 7.32. The molecule has 4 aromatic rings. The Balaban J connectivity index is 1.62. The lowest BCUT2D eigenvalue weighted by Gasteiger charge is -2.12. The number of fused-ring (bicyclic) bond motifs is 2. The summed E-state index contributed by atoms with van der Waals surface area (Å²) in [6.45, 7) is 6.79. The third-order valence-electron chi connectivity index (χ3n) is 5.74. The number of aryl methyl sites for hydroxylation is 1. The molecule has 0 saturated carbocycles. The number of aromatic amines is 1. The van der Waals surface area contributed by atoms with Crippen molar-refractivity contribution in [2.24, 2.45) is 0 Å². The molecule has 6 heteroatoms. The number of para-hydroxylation sites is 1. The molecule has 2 aromatic carbocycles. The van der Waals surface area contributed by atoms with Gasteiger partial charge in [-0.1, -0.05) is 36.9 Å². The van der Waals surface area contributed by atoms with Gasteiger partial charge in [-0.2, -0.15) is 0 Å². The number of phenolic OH excluding ortho intramolecular Hbond substituents is 1. The van der Waals surface area contributed by atoms with Gasteiger partial charge in [-0.3, -0.25) is 4.79 Å². The number of aromatic nitrogens is 3. The number of nitrogens with one attached hydrogen (secondary N) is 1. The summed E-state index contributed by atoms with van der Waals surface area (Å²) in [5.74, 6) is 0.108. The van der Waals surface area contributed by atoms with E-state index in [9.17, 15) is 9.90 Å². The summed E-state index contributed by atoms with van der Waals surface area (Å²) in [6, 6.07) is 15.2. The molecule has 2 aromatic heterocycles. The number of carbonyl (C=O) groups excluding carboxylic acids is 1. The number of rotatable bonds is 3. The topological polar surface area (TPSA) is 82.1 Å². The SMILES string of the molecule is C=CC(=O)N1Cc2cccc(-c3[nH]c4nnc(-c5ccccc5O)cc4c3C)c2C1. The molecule has 6 nitrogen and oxygen atoms in total. The van der Waals surface area contributed by atoms with Crippen molar-refractivity contribution >= 4 is 16.9 Å². The van der Waals surface area contributed by atoms with Crippen molar-refractivity contribution in [3.8, 4) is 28.3 Å². The fraction of sp³-hybridized carbons (Fsp3) is 0.125. The van der Waals surface area contributed by atoms with E-state index in [1.54, 1.807) is 17.0 Å². The van der Waals surface area contributed by atoms with Crippen molar-refractivity contribution in [2.45, 2.75) is 20.0 Å². The number of amides is 1. The van der Waals surface area contributed by atoms with E-state index in [-0.39, 0.29) is 11.7 Å². The van der Waals surface area contributed by atoms with Gasteiger partial charge >= 0.3 is 0 Å². The minimum atomic E-state index is -0.0660. The van der Waals surface area contributed by atoms with Crippen LogP contribution in [0.1, 0.15) is 16.7 Å². The van der Waals surface area contributed by atoms with Gasteiger partial charge in [-0.05, 0) is 47.9 Å². The predicted molar refractivity (Wildman–Crippen MR) is 116 cm³/mol. The Morgan fingerprint density at radius 2 is 1.93 bits per heavy atom. The fourth-order valence-electron chi connectivity index (χ4n) is 4.15. The van der Waals surface area contributed by atoms with Crippen LogP contribution in [0.5, 0.6) is 5.75 Å². The van der Waals surface area contributed by atoms with Crippen LogP contribution >= 0.6 is 0 Å². The van der Waals surface area contributed by atoms with Gasteiger partial charge in [0, 0.05) is 29.6 Å². The van der Waals surface area contributed by atoms with Crippen LogP contribution in [0.3, 0.4) is 0 Å². The fourth-order valence-corrected chi connectivity index (χ4v) is 4.15. The number of H-pyrrole nitrogens is 1. The zero-order valence-corrected chi connectivity index (χ0v) is 16.5. The summed E-state index contributed by atoms with van der Waals surface area (Å²) in [5, 5.41) is 19.8. The van der Waals surface area contributed by atoms with Crippen LogP contribution in [0, 0.1) is 6.92 Å². The molecule has 0 aliphatic carbocycles. The maximum absolute atomic E-state index is 12.1. The Labute approximate surface area is 173 Å². The molecule has 1 amide bonds. The molecule has 0 spiro atoms. The first-order valence-electron chi connectivity index (χ1n) is 9.73. The second-order valence-electron chi connectivity index (χ2n) is 7.48. The number of hydrogen-bond donors (Lipinski definition) is 2. The molecule has 5 rings (SSSR count). The molecule has 1 aliphatic rings. The van der Waals surface area contributed by atoms with E-state index in [1.165, 1.54) is 6.08 Å².